The molecule has 4 atom stereocenters. The van der Waals surface area contributed by atoms with Crippen LogP contribution < -0.4 is 0 Å². The minimum atomic E-state index is -4.51. The van der Waals surface area contributed by atoms with Crippen LogP contribution in [-0.4, -0.2) is 46.5 Å². The van der Waals surface area contributed by atoms with Crippen LogP contribution in [0.15, 0.2) is 104 Å². The molecule has 3 aromatic carbocycles. The van der Waals surface area contributed by atoms with E-state index in [0.717, 1.165) is 11.1 Å². The number of hydrogen-bond acceptors (Lipinski definition) is 5. The molecular formula is C29H30F2O6. The van der Waals surface area contributed by atoms with Crippen molar-refractivity contribution in [2.45, 2.75) is 50.2 Å². The number of aliphatic hydroxyl groups excluding tert-OH is 1. The highest BCUT2D eigenvalue weighted by atomic mass is 19.3. The summed E-state index contributed by atoms with van der Waals surface area (Å²) in [5.74, 6) is -6.99. The Labute approximate surface area is 214 Å². The van der Waals surface area contributed by atoms with Crippen molar-refractivity contribution in [2.24, 2.45) is 0 Å². The molecule has 3 rings (SSSR count). The SMILES string of the molecule is C=C[C@H](OCc1ccccc1)[C@H](OCc1ccccc1)[C@@H](OCc1ccccc1)[C@@H](O)C(F)(F)C(=O)O. The third-order valence-electron chi connectivity index (χ3n) is 5.70. The number of halogens is 2. The first-order valence-electron chi connectivity index (χ1n) is 11.7. The molecule has 0 saturated heterocycles. The number of aliphatic hydroxyl groups is 1. The van der Waals surface area contributed by atoms with Gasteiger partial charge in [0.05, 0.1) is 19.8 Å². The summed E-state index contributed by atoms with van der Waals surface area (Å²) in [7, 11) is 0. The van der Waals surface area contributed by atoms with E-state index in [-0.39, 0.29) is 19.8 Å². The number of aliphatic carboxylic acids is 1. The van der Waals surface area contributed by atoms with E-state index in [1.54, 1.807) is 54.6 Å². The molecule has 0 bridgehead atoms. The van der Waals surface area contributed by atoms with Crippen LogP contribution in [0.4, 0.5) is 8.78 Å². The molecule has 196 valence electrons. The smallest absolute Gasteiger partial charge is 0.377 e. The molecule has 0 spiro atoms. The number of alkyl halides is 2. The van der Waals surface area contributed by atoms with Gasteiger partial charge in [-0.1, -0.05) is 97.1 Å². The zero-order chi connectivity index (χ0) is 26.7. The molecule has 2 N–H and O–H groups in total. The number of ether oxygens (including phenoxy) is 3. The summed E-state index contributed by atoms with van der Waals surface area (Å²) in [5.41, 5.74) is 2.19. The Morgan fingerprint density at radius 3 is 1.51 bits per heavy atom. The molecule has 0 amide bonds. The molecular weight excluding hydrogens is 482 g/mol. The van der Waals surface area contributed by atoms with Gasteiger partial charge in [0.25, 0.3) is 0 Å². The van der Waals surface area contributed by atoms with E-state index in [4.69, 9.17) is 19.3 Å². The molecule has 0 radical (unpaired) electrons. The molecule has 0 heterocycles. The lowest BCUT2D eigenvalue weighted by Gasteiger charge is -2.36. The summed E-state index contributed by atoms with van der Waals surface area (Å²) in [4.78, 5) is 11.3. The minimum Gasteiger partial charge on any atom is -0.477 e. The van der Waals surface area contributed by atoms with E-state index in [2.05, 4.69) is 6.58 Å². The number of benzene rings is 3. The lowest BCUT2D eigenvalue weighted by molar-refractivity contribution is -0.226. The Hall–Kier alpha value is -3.43. The second-order valence-corrected chi connectivity index (χ2v) is 8.39. The van der Waals surface area contributed by atoms with E-state index >= 15 is 0 Å². The van der Waals surface area contributed by atoms with Gasteiger partial charge >= 0.3 is 11.9 Å². The van der Waals surface area contributed by atoms with Crippen molar-refractivity contribution in [3.05, 3.63) is 120 Å². The van der Waals surface area contributed by atoms with Crippen LogP contribution in [-0.2, 0) is 38.8 Å². The summed E-state index contributed by atoms with van der Waals surface area (Å²) < 4.78 is 46.9. The molecule has 8 heteroatoms. The van der Waals surface area contributed by atoms with Gasteiger partial charge in [0.1, 0.15) is 18.3 Å². The summed E-state index contributed by atoms with van der Waals surface area (Å²) in [5, 5.41) is 19.8. The van der Waals surface area contributed by atoms with Crippen LogP contribution in [0, 0.1) is 0 Å². The fourth-order valence-electron chi connectivity index (χ4n) is 3.67. The van der Waals surface area contributed by atoms with Crippen LogP contribution in [0.2, 0.25) is 0 Å². The van der Waals surface area contributed by atoms with Gasteiger partial charge in [-0.15, -0.1) is 6.58 Å². The maximum atomic E-state index is 14.6. The Bertz CT molecular complexity index is 1100. The molecule has 0 aliphatic rings. The first kappa shape index (κ1) is 28.1. The van der Waals surface area contributed by atoms with Crippen LogP contribution in [0.3, 0.4) is 0 Å². The zero-order valence-electron chi connectivity index (χ0n) is 20.2. The Morgan fingerprint density at radius 2 is 1.14 bits per heavy atom. The molecule has 0 aromatic heterocycles. The van der Waals surface area contributed by atoms with Gasteiger partial charge in [0.15, 0.2) is 6.10 Å². The molecule has 0 saturated carbocycles. The van der Waals surface area contributed by atoms with Crippen molar-refractivity contribution in [1.82, 2.24) is 0 Å². The molecule has 6 nitrogen and oxygen atoms in total. The number of hydrogen-bond donors (Lipinski definition) is 2. The average Bonchev–Trinajstić information content (AvgIpc) is 2.92. The van der Waals surface area contributed by atoms with E-state index in [9.17, 15) is 18.7 Å². The van der Waals surface area contributed by atoms with E-state index in [0.29, 0.717) is 5.56 Å². The highest BCUT2D eigenvalue weighted by Crippen LogP contribution is 2.29. The lowest BCUT2D eigenvalue weighted by atomic mass is 9.97. The third kappa shape index (κ3) is 8.03. The van der Waals surface area contributed by atoms with Crippen molar-refractivity contribution in [2.75, 3.05) is 0 Å². The van der Waals surface area contributed by atoms with E-state index in [1.165, 1.54) is 6.08 Å². The fourth-order valence-corrected chi connectivity index (χ4v) is 3.67. The summed E-state index contributed by atoms with van der Waals surface area (Å²) in [6.45, 7) is 3.66. The quantitative estimate of drug-likeness (QED) is 0.279. The van der Waals surface area contributed by atoms with Crippen molar-refractivity contribution in [3.8, 4) is 0 Å². The Morgan fingerprint density at radius 1 is 0.757 bits per heavy atom. The molecule has 0 unspecified atom stereocenters. The molecule has 0 aliphatic carbocycles. The highest BCUT2D eigenvalue weighted by Gasteiger charge is 2.54. The third-order valence-corrected chi connectivity index (χ3v) is 5.70. The second kappa shape index (κ2) is 13.8. The van der Waals surface area contributed by atoms with Gasteiger partial charge in [-0.25, -0.2) is 4.79 Å². The molecule has 0 fully saturated rings. The van der Waals surface area contributed by atoms with Gasteiger partial charge in [-0.05, 0) is 16.7 Å². The van der Waals surface area contributed by atoms with Crippen LogP contribution >= 0.6 is 0 Å². The minimum absolute atomic E-state index is 0.0267. The summed E-state index contributed by atoms with van der Waals surface area (Å²) in [6, 6.07) is 26.8. The zero-order valence-corrected chi connectivity index (χ0v) is 20.2. The second-order valence-electron chi connectivity index (χ2n) is 8.39. The van der Waals surface area contributed by atoms with E-state index < -0.39 is 36.3 Å². The average molecular weight is 513 g/mol. The van der Waals surface area contributed by atoms with Gasteiger partial charge in [-0.2, -0.15) is 8.78 Å². The summed E-state index contributed by atoms with van der Waals surface area (Å²) in [6.07, 6.45) is -5.51. The standard InChI is InChI=1S/C29H30F2O6/c1-2-24(35-18-21-12-6-3-7-13-21)25(36-19-22-14-8-4-9-15-22)26(27(32)29(30,31)28(33)34)37-20-23-16-10-5-11-17-23/h2-17,24-27,32H,1,18-20H2,(H,33,34)/t24-,25-,26+,27+/m0/s1. The highest BCUT2D eigenvalue weighted by molar-refractivity contribution is 5.76. The first-order valence-corrected chi connectivity index (χ1v) is 11.7. The predicted molar refractivity (Wildman–Crippen MR) is 134 cm³/mol. The number of carboxylic acids is 1. The van der Waals surface area contributed by atoms with Gasteiger partial charge < -0.3 is 24.4 Å². The van der Waals surface area contributed by atoms with Crippen LogP contribution in [0.5, 0.6) is 0 Å². The number of carbonyl (C=O) groups is 1. The van der Waals surface area contributed by atoms with Gasteiger partial charge in [0.2, 0.25) is 0 Å². The number of rotatable bonds is 15. The van der Waals surface area contributed by atoms with Crippen molar-refractivity contribution in [3.63, 3.8) is 0 Å². The maximum absolute atomic E-state index is 14.6. The first-order chi connectivity index (χ1) is 17.8. The van der Waals surface area contributed by atoms with Crippen molar-refractivity contribution < 1.29 is 38.0 Å². The molecule has 0 aliphatic heterocycles. The van der Waals surface area contributed by atoms with Crippen LogP contribution in [0.1, 0.15) is 16.7 Å². The van der Waals surface area contributed by atoms with Gasteiger partial charge in [-0.3, -0.25) is 0 Å². The monoisotopic (exact) mass is 512 g/mol. The van der Waals surface area contributed by atoms with Crippen LogP contribution in [0.25, 0.3) is 0 Å². The topological polar surface area (TPSA) is 85.2 Å². The maximum Gasteiger partial charge on any atom is 0.377 e. The fraction of sp³-hybridized carbons (Fsp3) is 0.276. The summed E-state index contributed by atoms with van der Waals surface area (Å²) >= 11 is 0. The molecule has 3 aromatic rings. The Kier molecular flexibility index (Phi) is 10.5. The lowest BCUT2D eigenvalue weighted by Crippen LogP contribution is -2.56. The molecule has 37 heavy (non-hydrogen) atoms. The largest absolute Gasteiger partial charge is 0.477 e. The van der Waals surface area contributed by atoms with Crippen molar-refractivity contribution >= 4 is 5.97 Å². The van der Waals surface area contributed by atoms with E-state index in [1.807, 2.05) is 36.4 Å². The van der Waals surface area contributed by atoms with Crippen molar-refractivity contribution in [1.29, 1.82) is 0 Å². The van der Waals surface area contributed by atoms with Gasteiger partial charge in [0, 0.05) is 0 Å². The number of carboxylic acid groups (broad SMARTS) is 1. The normalized spacial score (nSPS) is 14.9. The predicted octanol–water partition coefficient (Wildman–Crippen LogP) is 5.01. The Balaban J connectivity index is 1.92.